The fourth-order valence-electron chi connectivity index (χ4n) is 4.49. The minimum Gasteiger partial charge on any atom is -0.462 e. The molecule has 2 aliphatic heterocycles. The van der Waals surface area contributed by atoms with Crippen LogP contribution in [0.3, 0.4) is 0 Å². The lowest BCUT2D eigenvalue weighted by molar-refractivity contribution is -0.112. The summed E-state index contributed by atoms with van der Waals surface area (Å²) < 4.78 is 12.0. The molecule has 0 saturated carbocycles. The number of nitrogens with zero attached hydrogens (tertiary/aromatic N) is 3. The van der Waals surface area contributed by atoms with Crippen LogP contribution in [-0.4, -0.2) is 46.2 Å². The average molecular weight is 431 g/mol. The van der Waals surface area contributed by atoms with E-state index in [0.717, 1.165) is 50.9 Å². The van der Waals surface area contributed by atoms with E-state index in [2.05, 4.69) is 34.8 Å². The number of piperidine rings is 1. The van der Waals surface area contributed by atoms with E-state index < -0.39 is 5.54 Å². The number of hydrogen-bond donors (Lipinski definition) is 1. The van der Waals surface area contributed by atoms with Crippen LogP contribution in [0.15, 0.2) is 18.5 Å². The van der Waals surface area contributed by atoms with Crippen LogP contribution in [0.4, 0.5) is 0 Å². The number of nitrogens with two attached hydrogens (primary N) is 1. The molecule has 2 atom stereocenters. The Bertz CT molecular complexity index is 861. The lowest BCUT2D eigenvalue weighted by Crippen LogP contribution is -2.50. The molecule has 164 valence electrons. The molecule has 0 bridgehead atoms. The molecule has 7 heteroatoms. The van der Waals surface area contributed by atoms with Gasteiger partial charge in [0.15, 0.2) is 0 Å². The van der Waals surface area contributed by atoms with Gasteiger partial charge in [0, 0.05) is 58.8 Å². The van der Waals surface area contributed by atoms with Crippen LogP contribution in [-0.2, 0) is 29.7 Å². The van der Waals surface area contributed by atoms with Crippen molar-refractivity contribution in [2.24, 2.45) is 5.73 Å². The van der Waals surface area contributed by atoms with Gasteiger partial charge in [0.25, 0.3) is 0 Å². The maximum absolute atomic E-state index is 6.46. The van der Waals surface area contributed by atoms with Crippen molar-refractivity contribution >= 4 is 11.3 Å². The zero-order chi connectivity index (χ0) is 21.4. The molecule has 0 radical (unpaired) electrons. The van der Waals surface area contributed by atoms with E-state index >= 15 is 0 Å². The minimum atomic E-state index is -0.400. The fraction of sp³-hybridized carbons (Fsp3) is 0.652. The van der Waals surface area contributed by atoms with E-state index in [4.69, 9.17) is 15.2 Å². The van der Waals surface area contributed by atoms with E-state index in [9.17, 15) is 0 Å². The van der Waals surface area contributed by atoms with Gasteiger partial charge in [-0.2, -0.15) is 0 Å². The highest BCUT2D eigenvalue weighted by Gasteiger charge is 2.44. The maximum Gasteiger partial charge on any atom is 0.316 e. The van der Waals surface area contributed by atoms with Gasteiger partial charge >= 0.3 is 6.01 Å². The first kappa shape index (κ1) is 21.7. The van der Waals surface area contributed by atoms with Gasteiger partial charge in [0.1, 0.15) is 6.61 Å². The van der Waals surface area contributed by atoms with E-state index in [1.807, 2.05) is 37.6 Å². The summed E-state index contributed by atoms with van der Waals surface area (Å²) in [5, 5.41) is 0. The first-order valence-electron chi connectivity index (χ1n) is 11.0. The Morgan fingerprint density at radius 3 is 2.80 bits per heavy atom. The smallest absolute Gasteiger partial charge is 0.316 e. The van der Waals surface area contributed by atoms with Gasteiger partial charge in [0.2, 0.25) is 0 Å². The monoisotopic (exact) mass is 430 g/mol. The zero-order valence-corrected chi connectivity index (χ0v) is 19.4. The summed E-state index contributed by atoms with van der Waals surface area (Å²) in [6.07, 6.45) is 7.98. The molecule has 30 heavy (non-hydrogen) atoms. The van der Waals surface area contributed by atoms with Gasteiger partial charge in [-0.05, 0) is 51.7 Å². The second kappa shape index (κ2) is 8.54. The summed E-state index contributed by atoms with van der Waals surface area (Å²) in [6, 6.07) is 3.23. The second-order valence-electron chi connectivity index (χ2n) is 9.42. The molecule has 6 nitrogen and oxygen atoms in total. The van der Waals surface area contributed by atoms with Crippen LogP contribution >= 0.6 is 11.3 Å². The minimum absolute atomic E-state index is 0.101. The average Bonchev–Trinajstić information content (AvgIpc) is 3.14. The Morgan fingerprint density at radius 1 is 1.37 bits per heavy atom. The van der Waals surface area contributed by atoms with Gasteiger partial charge in [-0.1, -0.05) is 6.92 Å². The summed E-state index contributed by atoms with van der Waals surface area (Å²) in [5.41, 5.74) is 8.02. The van der Waals surface area contributed by atoms with Crippen LogP contribution in [0.5, 0.6) is 6.01 Å². The third-order valence-electron chi connectivity index (χ3n) is 6.10. The van der Waals surface area contributed by atoms with Crippen molar-refractivity contribution in [3.63, 3.8) is 0 Å². The summed E-state index contributed by atoms with van der Waals surface area (Å²) in [6.45, 7) is 11.5. The molecule has 1 saturated heterocycles. The zero-order valence-electron chi connectivity index (χ0n) is 18.6. The lowest BCUT2D eigenvalue weighted by Gasteiger charge is -2.47. The van der Waals surface area contributed by atoms with Gasteiger partial charge in [-0.3, -0.25) is 4.90 Å². The molecule has 4 rings (SSSR count). The first-order valence-corrected chi connectivity index (χ1v) is 11.8. The molecule has 2 aromatic rings. The van der Waals surface area contributed by atoms with Crippen LogP contribution in [0.2, 0.25) is 0 Å². The Kier molecular flexibility index (Phi) is 6.17. The molecule has 4 heterocycles. The Hall–Kier alpha value is -1.54. The van der Waals surface area contributed by atoms with E-state index in [1.165, 1.54) is 10.4 Å². The number of ether oxygens (including phenoxy) is 2. The predicted octanol–water partition coefficient (Wildman–Crippen LogP) is 3.67. The van der Waals surface area contributed by atoms with Crippen molar-refractivity contribution in [2.45, 2.75) is 77.1 Å². The highest BCUT2D eigenvalue weighted by molar-refractivity contribution is 7.12. The highest BCUT2D eigenvalue weighted by atomic mass is 32.1. The van der Waals surface area contributed by atoms with Crippen molar-refractivity contribution in [3.8, 4) is 6.01 Å². The van der Waals surface area contributed by atoms with E-state index in [-0.39, 0.29) is 5.60 Å². The van der Waals surface area contributed by atoms with Crippen LogP contribution in [0, 0.1) is 0 Å². The van der Waals surface area contributed by atoms with Gasteiger partial charge in [-0.25, -0.2) is 9.97 Å². The topological polar surface area (TPSA) is 73.5 Å². The van der Waals surface area contributed by atoms with Gasteiger partial charge in [0.05, 0.1) is 12.2 Å². The van der Waals surface area contributed by atoms with Crippen LogP contribution in [0.1, 0.15) is 61.4 Å². The maximum atomic E-state index is 6.46. The van der Waals surface area contributed by atoms with E-state index in [1.54, 1.807) is 4.88 Å². The van der Waals surface area contributed by atoms with Gasteiger partial charge in [-0.15, -0.1) is 11.3 Å². The predicted molar refractivity (Wildman–Crippen MR) is 120 cm³/mol. The number of likely N-dealkylation sites (tertiary alicyclic amines) is 1. The van der Waals surface area contributed by atoms with Crippen molar-refractivity contribution < 1.29 is 9.47 Å². The number of rotatable bonds is 6. The van der Waals surface area contributed by atoms with Crippen molar-refractivity contribution in [3.05, 3.63) is 39.3 Å². The van der Waals surface area contributed by atoms with Crippen LogP contribution < -0.4 is 10.5 Å². The third-order valence-corrected chi connectivity index (χ3v) is 7.44. The summed E-state index contributed by atoms with van der Waals surface area (Å²) in [7, 11) is 0. The molecule has 0 amide bonds. The standard InChI is InChI=1S/C23H34N4O2S/c1-5-18-10-19-20(30-18)6-9-29-23(19)7-8-27(16(2)11-23)14-17-12-25-21(26-13-17)28-15-22(3,4)24/h10,12-13,16H,5-9,11,14-15,24H2,1-4H3/t16-,23+/m0/s1. The summed E-state index contributed by atoms with van der Waals surface area (Å²) in [5.74, 6) is 0. The van der Waals surface area contributed by atoms with Crippen molar-refractivity contribution in [2.75, 3.05) is 19.8 Å². The Labute approximate surface area is 183 Å². The van der Waals surface area contributed by atoms with E-state index in [0.29, 0.717) is 18.7 Å². The third kappa shape index (κ3) is 4.69. The first-order chi connectivity index (χ1) is 14.3. The number of thiophene rings is 1. The van der Waals surface area contributed by atoms with Crippen molar-refractivity contribution in [1.29, 1.82) is 0 Å². The largest absolute Gasteiger partial charge is 0.462 e. The molecule has 1 fully saturated rings. The van der Waals surface area contributed by atoms with Gasteiger partial charge < -0.3 is 15.2 Å². The van der Waals surface area contributed by atoms with Crippen LogP contribution in [0.25, 0.3) is 0 Å². The molecule has 2 aliphatic rings. The molecule has 0 aromatic carbocycles. The second-order valence-corrected chi connectivity index (χ2v) is 10.6. The quantitative estimate of drug-likeness (QED) is 0.754. The number of aromatic nitrogens is 2. The Balaban J connectivity index is 1.39. The van der Waals surface area contributed by atoms with Crippen molar-refractivity contribution in [1.82, 2.24) is 14.9 Å². The summed E-state index contributed by atoms with van der Waals surface area (Å²) >= 11 is 1.98. The molecule has 0 unspecified atom stereocenters. The summed E-state index contributed by atoms with van der Waals surface area (Å²) in [4.78, 5) is 14.3. The fourth-order valence-corrected chi connectivity index (χ4v) is 5.67. The molecule has 2 aromatic heterocycles. The molecular weight excluding hydrogens is 396 g/mol. The molecule has 2 N–H and O–H groups in total. The number of aryl methyl sites for hydroxylation is 1. The lowest BCUT2D eigenvalue weighted by atomic mass is 9.79. The molecule has 0 aliphatic carbocycles. The number of hydrogen-bond acceptors (Lipinski definition) is 7. The molecule has 1 spiro atoms. The number of fused-ring (bicyclic) bond motifs is 2. The highest BCUT2D eigenvalue weighted by Crippen LogP contribution is 2.46. The normalized spacial score (nSPS) is 24.8. The SMILES string of the molecule is CCc1cc2c(s1)CCO[C@@]21CCN(Cc2cnc(OCC(C)(C)N)nc2)[C@@H](C)C1. The molecular formula is C23H34N4O2S. The Morgan fingerprint density at radius 2 is 2.13 bits per heavy atom.